The molecule has 1 aromatic carbocycles. The van der Waals surface area contributed by atoms with E-state index in [1.165, 1.54) is 18.2 Å². The molecule has 0 aliphatic carbocycles. The van der Waals surface area contributed by atoms with Gasteiger partial charge in [-0.05, 0) is 19.1 Å². The molecule has 2 rings (SSSR count). The molecule has 0 saturated heterocycles. The van der Waals surface area contributed by atoms with Crippen molar-refractivity contribution in [3.8, 4) is 5.75 Å². The molecule has 2 aromatic rings. The Morgan fingerprint density at radius 3 is 2.71 bits per heavy atom. The Bertz CT molecular complexity index is 709. The summed E-state index contributed by atoms with van der Waals surface area (Å²) in [5.74, 6) is -0.747. The number of aryl methyl sites for hydroxylation is 1. The SMILES string of the molecule is Cc1cc(COc2ccc([N+](=O)[O-])cc2Cl)oc1C(=O)O. The van der Waals surface area contributed by atoms with Crippen molar-refractivity contribution in [2.75, 3.05) is 0 Å². The number of nitro groups is 1. The minimum absolute atomic E-state index is 0.0361. The van der Waals surface area contributed by atoms with Crippen molar-refractivity contribution in [1.29, 1.82) is 0 Å². The third-order valence-corrected chi connectivity index (χ3v) is 2.95. The maximum atomic E-state index is 10.8. The highest BCUT2D eigenvalue weighted by atomic mass is 35.5. The average Bonchev–Trinajstić information content (AvgIpc) is 2.78. The van der Waals surface area contributed by atoms with Crippen molar-refractivity contribution < 1.29 is 24.0 Å². The van der Waals surface area contributed by atoms with Gasteiger partial charge < -0.3 is 14.3 Å². The predicted octanol–water partition coefficient (Wildman–Crippen LogP) is 3.43. The number of nitro benzene ring substituents is 1. The van der Waals surface area contributed by atoms with Gasteiger partial charge in [0.25, 0.3) is 5.69 Å². The molecule has 110 valence electrons. The number of hydrogen-bond donors (Lipinski definition) is 1. The Morgan fingerprint density at radius 1 is 1.48 bits per heavy atom. The van der Waals surface area contributed by atoms with Gasteiger partial charge in [-0.3, -0.25) is 10.1 Å². The summed E-state index contributed by atoms with van der Waals surface area (Å²) >= 11 is 5.87. The molecular weight excluding hydrogens is 302 g/mol. The molecule has 0 saturated carbocycles. The first kappa shape index (κ1) is 14.9. The van der Waals surface area contributed by atoms with Crippen molar-refractivity contribution in [1.82, 2.24) is 0 Å². The van der Waals surface area contributed by atoms with E-state index in [0.29, 0.717) is 11.3 Å². The summed E-state index contributed by atoms with van der Waals surface area (Å²) in [6, 6.07) is 5.35. The fraction of sp³-hybridized carbons (Fsp3) is 0.154. The molecule has 0 atom stereocenters. The molecule has 0 bridgehead atoms. The highest BCUT2D eigenvalue weighted by Gasteiger charge is 2.15. The van der Waals surface area contributed by atoms with Gasteiger partial charge >= 0.3 is 5.97 Å². The lowest BCUT2D eigenvalue weighted by Crippen LogP contribution is -1.97. The van der Waals surface area contributed by atoms with Crippen LogP contribution in [-0.4, -0.2) is 16.0 Å². The van der Waals surface area contributed by atoms with Crippen LogP contribution in [0.25, 0.3) is 0 Å². The number of aromatic carboxylic acids is 1. The number of carboxylic acids is 1. The number of furan rings is 1. The van der Waals surface area contributed by atoms with Crippen LogP contribution in [0.4, 0.5) is 5.69 Å². The van der Waals surface area contributed by atoms with Crippen LogP contribution >= 0.6 is 11.6 Å². The number of hydrogen-bond acceptors (Lipinski definition) is 5. The summed E-state index contributed by atoms with van der Waals surface area (Å²) in [6.07, 6.45) is 0. The Kier molecular flexibility index (Phi) is 4.13. The van der Waals surface area contributed by atoms with Gasteiger partial charge in [0, 0.05) is 17.7 Å². The fourth-order valence-electron chi connectivity index (χ4n) is 1.70. The zero-order valence-corrected chi connectivity index (χ0v) is 11.6. The van der Waals surface area contributed by atoms with Gasteiger partial charge in [0.2, 0.25) is 5.76 Å². The number of ether oxygens (including phenoxy) is 1. The molecule has 0 amide bonds. The molecular formula is C13H10ClNO6. The number of nitrogens with zero attached hydrogens (tertiary/aromatic N) is 1. The molecule has 21 heavy (non-hydrogen) atoms. The summed E-state index contributed by atoms with van der Waals surface area (Å²) < 4.78 is 10.5. The van der Waals surface area contributed by atoms with Crippen LogP contribution in [0.5, 0.6) is 5.75 Å². The lowest BCUT2D eigenvalue weighted by Gasteiger charge is -2.05. The molecule has 0 fully saturated rings. The quantitative estimate of drug-likeness (QED) is 0.670. The van der Waals surface area contributed by atoms with Gasteiger partial charge in [0.05, 0.1) is 9.95 Å². The molecule has 0 aliphatic heterocycles. The van der Waals surface area contributed by atoms with E-state index in [1.54, 1.807) is 13.0 Å². The third-order valence-electron chi connectivity index (χ3n) is 2.66. The first-order valence-corrected chi connectivity index (χ1v) is 6.15. The number of carboxylic acid groups (broad SMARTS) is 1. The Balaban J connectivity index is 2.11. The first-order valence-electron chi connectivity index (χ1n) is 5.78. The number of halogens is 1. The Hall–Kier alpha value is -2.54. The largest absolute Gasteiger partial charge is 0.484 e. The predicted molar refractivity (Wildman–Crippen MR) is 72.8 cm³/mol. The van der Waals surface area contributed by atoms with E-state index in [9.17, 15) is 14.9 Å². The zero-order chi connectivity index (χ0) is 15.6. The Morgan fingerprint density at radius 2 is 2.19 bits per heavy atom. The summed E-state index contributed by atoms with van der Waals surface area (Å²) in [5, 5.41) is 19.5. The monoisotopic (exact) mass is 311 g/mol. The van der Waals surface area contributed by atoms with E-state index < -0.39 is 10.9 Å². The second kappa shape index (κ2) is 5.84. The zero-order valence-electron chi connectivity index (χ0n) is 10.8. The number of non-ortho nitro benzene ring substituents is 1. The molecule has 8 heteroatoms. The number of rotatable bonds is 5. The van der Waals surface area contributed by atoms with Crippen LogP contribution in [-0.2, 0) is 6.61 Å². The maximum Gasteiger partial charge on any atom is 0.372 e. The normalized spacial score (nSPS) is 10.4. The topological polar surface area (TPSA) is 103 Å². The van der Waals surface area contributed by atoms with Gasteiger partial charge in [-0.15, -0.1) is 0 Å². The number of carbonyl (C=O) groups is 1. The highest BCUT2D eigenvalue weighted by molar-refractivity contribution is 6.32. The summed E-state index contributed by atoms with van der Waals surface area (Å²) in [5.41, 5.74) is 0.338. The summed E-state index contributed by atoms with van der Waals surface area (Å²) in [4.78, 5) is 20.9. The standard InChI is InChI=1S/C13H10ClNO6/c1-7-4-9(21-12(7)13(16)17)6-20-11-3-2-8(15(18)19)5-10(11)14/h2-5H,6H2,1H3,(H,16,17). The van der Waals surface area contributed by atoms with Crippen LogP contribution in [0.1, 0.15) is 21.9 Å². The van der Waals surface area contributed by atoms with Gasteiger partial charge in [-0.25, -0.2) is 4.79 Å². The first-order chi connectivity index (χ1) is 9.88. The van der Waals surface area contributed by atoms with Gasteiger partial charge in [0.15, 0.2) is 0 Å². The minimum Gasteiger partial charge on any atom is -0.484 e. The second-order valence-corrected chi connectivity index (χ2v) is 4.60. The molecule has 1 heterocycles. The molecule has 0 radical (unpaired) electrons. The molecule has 1 aromatic heterocycles. The van der Waals surface area contributed by atoms with Crippen LogP contribution in [0.2, 0.25) is 5.02 Å². The van der Waals surface area contributed by atoms with Crippen molar-refractivity contribution in [2.45, 2.75) is 13.5 Å². The van der Waals surface area contributed by atoms with Crippen molar-refractivity contribution >= 4 is 23.3 Å². The summed E-state index contributed by atoms with van der Waals surface area (Å²) in [7, 11) is 0. The lowest BCUT2D eigenvalue weighted by atomic mass is 10.2. The smallest absolute Gasteiger partial charge is 0.372 e. The van der Waals surface area contributed by atoms with E-state index in [1.807, 2.05) is 0 Å². The highest BCUT2D eigenvalue weighted by Crippen LogP contribution is 2.29. The Labute approximate surface area is 123 Å². The number of benzene rings is 1. The van der Waals surface area contributed by atoms with Crippen molar-refractivity contribution in [3.63, 3.8) is 0 Å². The van der Waals surface area contributed by atoms with E-state index >= 15 is 0 Å². The van der Waals surface area contributed by atoms with Crippen molar-refractivity contribution in [3.05, 3.63) is 56.5 Å². The van der Waals surface area contributed by atoms with Crippen LogP contribution in [0, 0.1) is 17.0 Å². The molecule has 0 aliphatic rings. The maximum absolute atomic E-state index is 10.8. The fourth-order valence-corrected chi connectivity index (χ4v) is 1.93. The van der Waals surface area contributed by atoms with E-state index in [4.69, 9.17) is 25.9 Å². The van der Waals surface area contributed by atoms with Gasteiger partial charge in [-0.2, -0.15) is 0 Å². The second-order valence-electron chi connectivity index (χ2n) is 4.19. The van der Waals surface area contributed by atoms with Crippen LogP contribution in [0.3, 0.4) is 0 Å². The molecule has 1 N–H and O–H groups in total. The van der Waals surface area contributed by atoms with Crippen LogP contribution in [0.15, 0.2) is 28.7 Å². The van der Waals surface area contributed by atoms with Gasteiger partial charge in [-0.1, -0.05) is 11.6 Å². The van der Waals surface area contributed by atoms with Crippen LogP contribution < -0.4 is 4.74 Å². The van der Waals surface area contributed by atoms with E-state index in [0.717, 1.165) is 0 Å². The molecule has 0 unspecified atom stereocenters. The third kappa shape index (κ3) is 3.32. The van der Waals surface area contributed by atoms with E-state index in [2.05, 4.69) is 0 Å². The lowest BCUT2D eigenvalue weighted by molar-refractivity contribution is -0.384. The average molecular weight is 312 g/mol. The molecule has 7 nitrogen and oxygen atoms in total. The molecule has 0 spiro atoms. The van der Waals surface area contributed by atoms with Crippen molar-refractivity contribution in [2.24, 2.45) is 0 Å². The minimum atomic E-state index is -1.16. The van der Waals surface area contributed by atoms with Gasteiger partial charge in [0.1, 0.15) is 18.1 Å². The van der Waals surface area contributed by atoms with E-state index in [-0.39, 0.29) is 28.8 Å². The summed E-state index contributed by atoms with van der Waals surface area (Å²) in [6.45, 7) is 1.57.